The molecule has 0 aliphatic rings. The van der Waals surface area contributed by atoms with Crippen LogP contribution in [0.3, 0.4) is 0 Å². The number of hydrogen-bond donors (Lipinski definition) is 1. The van der Waals surface area contributed by atoms with Gasteiger partial charge in [-0.1, -0.05) is 54.6 Å². The van der Waals surface area contributed by atoms with Crippen LogP contribution >= 0.6 is 34.8 Å². The van der Waals surface area contributed by atoms with Crippen LogP contribution in [0.5, 0.6) is 5.75 Å². The zero-order valence-corrected chi connectivity index (χ0v) is 18.7. The highest BCUT2D eigenvalue weighted by atomic mass is 35.5. The summed E-state index contributed by atoms with van der Waals surface area (Å²) in [6, 6.07) is 9.99. The third-order valence-corrected chi connectivity index (χ3v) is 5.05. The van der Waals surface area contributed by atoms with E-state index < -0.39 is 5.91 Å². The van der Waals surface area contributed by atoms with Crippen LogP contribution < -0.4 is 10.1 Å². The first-order chi connectivity index (χ1) is 13.9. The number of nitrogens with one attached hydrogen (secondary N) is 1. The van der Waals surface area contributed by atoms with Gasteiger partial charge in [-0.3, -0.25) is 4.79 Å². The predicted octanol–water partition coefficient (Wildman–Crippen LogP) is 5.75. The fraction of sp³-hybridized carbons (Fsp3) is 0.318. The number of halogens is 3. The predicted molar refractivity (Wildman–Crippen MR) is 121 cm³/mol. The first-order valence-electron chi connectivity index (χ1n) is 9.35. The summed E-state index contributed by atoms with van der Waals surface area (Å²) in [5, 5.41) is 4.01. The van der Waals surface area contributed by atoms with Crippen molar-refractivity contribution in [3.63, 3.8) is 0 Å². The number of hydrogen-bond acceptors (Lipinski definition) is 3. The van der Waals surface area contributed by atoms with Crippen LogP contribution in [0.25, 0.3) is 0 Å². The Hall–Kier alpha value is -1.90. The van der Waals surface area contributed by atoms with Crippen LogP contribution in [-0.2, 0) is 4.79 Å². The van der Waals surface area contributed by atoms with Crippen molar-refractivity contribution in [3.05, 3.63) is 57.0 Å². The van der Waals surface area contributed by atoms with Gasteiger partial charge in [0, 0.05) is 28.7 Å². The summed E-state index contributed by atoms with van der Waals surface area (Å²) in [6.07, 6.45) is 0.916. The number of carbonyl (C=O) groups is 1. The highest BCUT2D eigenvalue weighted by Crippen LogP contribution is 2.28. The molecule has 0 heterocycles. The van der Waals surface area contributed by atoms with E-state index in [1.165, 1.54) is 0 Å². The molecule has 0 fully saturated rings. The number of ether oxygens (including phenoxy) is 1. The quantitative estimate of drug-likeness (QED) is 0.409. The van der Waals surface area contributed by atoms with Gasteiger partial charge in [0.05, 0.1) is 16.7 Å². The van der Waals surface area contributed by atoms with Gasteiger partial charge in [-0.05, 0) is 55.9 Å². The minimum absolute atomic E-state index is 0.392. The molecule has 0 spiro atoms. The van der Waals surface area contributed by atoms with Gasteiger partial charge in [-0.2, -0.15) is 0 Å². The highest BCUT2D eigenvalue weighted by molar-refractivity contribution is 6.35. The number of rotatable bonds is 8. The molecule has 0 aliphatic heterocycles. The maximum Gasteiger partial charge on any atom is 0.300 e. The highest BCUT2D eigenvalue weighted by Gasteiger charge is 2.06. The maximum absolute atomic E-state index is 12.1. The summed E-state index contributed by atoms with van der Waals surface area (Å²) in [6.45, 7) is 7.90. The summed E-state index contributed by atoms with van der Waals surface area (Å²) in [7, 11) is 0. The minimum atomic E-state index is -0.472. The minimum Gasteiger partial charge on any atom is -0.492 e. The lowest BCUT2D eigenvalue weighted by molar-refractivity contribution is -0.111. The SMILES string of the molecule is CCN(CC)CCCOc1ccc(NC(=O)C#Cc2ccc(Cl)cc2Cl)cc1Cl. The van der Waals surface area contributed by atoms with Crippen LogP contribution in [-0.4, -0.2) is 37.0 Å². The van der Waals surface area contributed by atoms with Crippen molar-refractivity contribution in [2.45, 2.75) is 20.3 Å². The van der Waals surface area contributed by atoms with E-state index >= 15 is 0 Å². The smallest absolute Gasteiger partial charge is 0.300 e. The number of anilines is 1. The van der Waals surface area contributed by atoms with E-state index in [-0.39, 0.29) is 0 Å². The fourth-order valence-electron chi connectivity index (χ4n) is 2.58. The fourth-order valence-corrected chi connectivity index (χ4v) is 3.27. The molecule has 0 atom stereocenters. The molecule has 0 unspecified atom stereocenters. The number of benzene rings is 2. The van der Waals surface area contributed by atoms with Crippen molar-refractivity contribution in [2.24, 2.45) is 0 Å². The zero-order chi connectivity index (χ0) is 21.2. The topological polar surface area (TPSA) is 41.6 Å². The Kier molecular flexibility index (Phi) is 9.63. The summed E-state index contributed by atoms with van der Waals surface area (Å²) in [5.41, 5.74) is 1.06. The Morgan fingerprint density at radius 3 is 2.48 bits per heavy atom. The number of carbonyl (C=O) groups excluding carboxylic acids is 1. The van der Waals surface area contributed by atoms with Crippen LogP contribution in [0.1, 0.15) is 25.8 Å². The second kappa shape index (κ2) is 11.9. The maximum atomic E-state index is 12.1. The van der Waals surface area contributed by atoms with Gasteiger partial charge in [-0.25, -0.2) is 0 Å². The molecule has 29 heavy (non-hydrogen) atoms. The molecule has 0 saturated carbocycles. The molecule has 7 heteroatoms. The van der Waals surface area contributed by atoms with Gasteiger partial charge in [0.15, 0.2) is 0 Å². The van der Waals surface area contributed by atoms with Crippen molar-refractivity contribution in [2.75, 3.05) is 31.6 Å². The van der Waals surface area contributed by atoms with Crippen molar-refractivity contribution >= 4 is 46.4 Å². The van der Waals surface area contributed by atoms with Crippen LogP contribution in [0.15, 0.2) is 36.4 Å². The van der Waals surface area contributed by atoms with E-state index in [2.05, 4.69) is 35.9 Å². The number of nitrogens with zero attached hydrogens (tertiary/aromatic N) is 1. The Balaban J connectivity index is 1.90. The van der Waals surface area contributed by atoms with Gasteiger partial charge in [0.1, 0.15) is 5.75 Å². The van der Waals surface area contributed by atoms with Gasteiger partial charge in [0.25, 0.3) is 0 Å². The van der Waals surface area contributed by atoms with Crippen molar-refractivity contribution < 1.29 is 9.53 Å². The molecule has 4 nitrogen and oxygen atoms in total. The largest absolute Gasteiger partial charge is 0.492 e. The van der Waals surface area contributed by atoms with Gasteiger partial charge in [-0.15, -0.1) is 0 Å². The molecule has 1 N–H and O–H groups in total. The van der Waals surface area contributed by atoms with Gasteiger partial charge in [0.2, 0.25) is 0 Å². The lowest BCUT2D eigenvalue weighted by Crippen LogP contribution is -2.25. The molecule has 2 rings (SSSR count). The van der Waals surface area contributed by atoms with E-state index in [4.69, 9.17) is 39.5 Å². The summed E-state index contributed by atoms with van der Waals surface area (Å²) < 4.78 is 5.74. The Morgan fingerprint density at radius 1 is 1.07 bits per heavy atom. The Labute approximate surface area is 187 Å². The third kappa shape index (κ3) is 7.79. The molecule has 0 aliphatic carbocycles. The van der Waals surface area contributed by atoms with Crippen molar-refractivity contribution in [1.82, 2.24) is 4.90 Å². The van der Waals surface area contributed by atoms with Crippen molar-refractivity contribution in [3.8, 4) is 17.6 Å². The molecular weight excluding hydrogens is 431 g/mol. The Bertz CT molecular complexity index is 903. The van der Waals surface area contributed by atoms with E-state index in [1.807, 2.05) is 0 Å². The summed E-state index contributed by atoms with van der Waals surface area (Å²) in [4.78, 5) is 14.4. The van der Waals surface area contributed by atoms with Gasteiger partial charge >= 0.3 is 5.91 Å². The average Bonchev–Trinajstić information content (AvgIpc) is 2.69. The molecular formula is C22H23Cl3N2O2. The first-order valence-corrected chi connectivity index (χ1v) is 10.5. The molecule has 1 amide bonds. The third-order valence-electron chi connectivity index (χ3n) is 4.20. The van der Waals surface area contributed by atoms with E-state index in [0.29, 0.717) is 38.7 Å². The van der Waals surface area contributed by atoms with Gasteiger partial charge < -0.3 is 15.0 Å². The molecule has 154 valence electrons. The zero-order valence-electron chi connectivity index (χ0n) is 16.4. The number of amides is 1. The summed E-state index contributed by atoms with van der Waals surface area (Å²) in [5.74, 6) is 5.34. The molecule has 2 aromatic carbocycles. The molecule has 0 radical (unpaired) electrons. The Morgan fingerprint density at radius 2 is 1.83 bits per heavy atom. The molecule has 2 aromatic rings. The normalized spacial score (nSPS) is 10.4. The van der Waals surface area contributed by atoms with Crippen molar-refractivity contribution in [1.29, 1.82) is 0 Å². The second-order valence-electron chi connectivity index (χ2n) is 6.20. The standard InChI is InChI=1S/C22H23Cl3N2O2/c1-3-27(4-2)12-5-13-29-21-10-9-18(15-20(21)25)26-22(28)11-7-16-6-8-17(23)14-19(16)24/h6,8-10,14-15H,3-5,12-13H2,1-2H3,(H,26,28). The van der Waals surface area contributed by atoms with E-state index in [0.717, 1.165) is 26.1 Å². The second-order valence-corrected chi connectivity index (χ2v) is 7.45. The van der Waals surface area contributed by atoms with Crippen LogP contribution in [0, 0.1) is 11.8 Å². The van der Waals surface area contributed by atoms with E-state index in [9.17, 15) is 4.79 Å². The molecule has 0 aromatic heterocycles. The van der Waals surface area contributed by atoms with Crippen LogP contribution in [0.4, 0.5) is 5.69 Å². The first kappa shape index (κ1) is 23.4. The van der Waals surface area contributed by atoms with Crippen LogP contribution in [0.2, 0.25) is 15.1 Å². The average molecular weight is 454 g/mol. The lowest BCUT2D eigenvalue weighted by atomic mass is 10.2. The van der Waals surface area contributed by atoms with E-state index in [1.54, 1.807) is 36.4 Å². The lowest BCUT2D eigenvalue weighted by Gasteiger charge is -2.18. The monoisotopic (exact) mass is 452 g/mol. The summed E-state index contributed by atoms with van der Waals surface area (Å²) >= 11 is 18.2. The molecule has 0 saturated heterocycles. The molecule has 0 bridgehead atoms.